The number of rotatable bonds is 12. The van der Waals surface area contributed by atoms with E-state index in [1.165, 1.54) is 0 Å². The van der Waals surface area contributed by atoms with E-state index in [0.29, 0.717) is 36.8 Å². The van der Waals surface area contributed by atoms with Crippen molar-refractivity contribution in [3.63, 3.8) is 0 Å². The lowest BCUT2D eigenvalue weighted by atomic mass is 9.98. The molecule has 2 atom stereocenters. The Morgan fingerprint density at radius 1 is 0.970 bits per heavy atom. The van der Waals surface area contributed by atoms with Crippen molar-refractivity contribution < 1.29 is 23.8 Å². The molecular formula is C25H35N3O5. The highest BCUT2D eigenvalue weighted by Crippen LogP contribution is 2.27. The monoisotopic (exact) mass is 457 g/mol. The number of anilines is 1. The Morgan fingerprint density at radius 3 is 2.27 bits per heavy atom. The number of benzene rings is 2. The molecule has 0 saturated heterocycles. The quantitative estimate of drug-likeness (QED) is 0.448. The van der Waals surface area contributed by atoms with Crippen molar-refractivity contribution >= 4 is 17.6 Å². The lowest BCUT2D eigenvalue weighted by Gasteiger charge is -2.24. The van der Waals surface area contributed by atoms with Crippen LogP contribution in [0.3, 0.4) is 0 Å². The second kappa shape index (κ2) is 13.2. The topological polar surface area (TPSA) is 97.9 Å². The molecule has 2 rings (SSSR count). The Labute approximate surface area is 196 Å². The van der Waals surface area contributed by atoms with Gasteiger partial charge in [0.2, 0.25) is 5.91 Å². The molecule has 2 aromatic rings. The summed E-state index contributed by atoms with van der Waals surface area (Å²) >= 11 is 0. The van der Waals surface area contributed by atoms with Crippen LogP contribution in [0.2, 0.25) is 0 Å². The van der Waals surface area contributed by atoms with Crippen LogP contribution in [0.1, 0.15) is 32.8 Å². The first-order valence-electron chi connectivity index (χ1n) is 11.2. The van der Waals surface area contributed by atoms with Gasteiger partial charge in [0.15, 0.2) is 11.5 Å². The average molecular weight is 458 g/mol. The number of hydrogen-bond donors (Lipinski definition) is 3. The van der Waals surface area contributed by atoms with Gasteiger partial charge >= 0.3 is 6.03 Å². The molecule has 3 N–H and O–H groups in total. The minimum absolute atomic E-state index is 0.0304. The molecule has 8 nitrogen and oxygen atoms in total. The van der Waals surface area contributed by atoms with E-state index in [9.17, 15) is 9.59 Å². The van der Waals surface area contributed by atoms with E-state index < -0.39 is 12.1 Å². The summed E-state index contributed by atoms with van der Waals surface area (Å²) in [5.74, 6) is 1.79. The van der Waals surface area contributed by atoms with Gasteiger partial charge in [-0.3, -0.25) is 4.79 Å². The minimum Gasteiger partial charge on any atom is -0.494 e. The minimum atomic E-state index is -0.650. The van der Waals surface area contributed by atoms with Gasteiger partial charge in [0.05, 0.1) is 20.8 Å². The van der Waals surface area contributed by atoms with E-state index in [1.54, 1.807) is 38.5 Å². The van der Waals surface area contributed by atoms with E-state index >= 15 is 0 Å². The van der Waals surface area contributed by atoms with Crippen molar-refractivity contribution in [1.29, 1.82) is 0 Å². The Kier molecular flexibility index (Phi) is 10.3. The molecule has 2 aromatic carbocycles. The Hall–Kier alpha value is -3.42. The fourth-order valence-electron chi connectivity index (χ4n) is 3.29. The fourth-order valence-corrected chi connectivity index (χ4v) is 3.29. The molecule has 0 fully saturated rings. The zero-order valence-electron chi connectivity index (χ0n) is 20.1. The maximum absolute atomic E-state index is 12.8. The molecule has 8 heteroatoms. The fraction of sp³-hybridized carbons (Fsp3) is 0.440. The molecule has 180 valence electrons. The van der Waals surface area contributed by atoms with Crippen molar-refractivity contribution in [2.45, 2.75) is 39.7 Å². The number of nitrogens with one attached hydrogen (secondary N) is 3. The average Bonchev–Trinajstić information content (AvgIpc) is 2.83. The van der Waals surface area contributed by atoms with Crippen LogP contribution < -0.4 is 30.2 Å². The molecule has 0 aliphatic carbocycles. The van der Waals surface area contributed by atoms with Crippen LogP contribution in [0.4, 0.5) is 10.5 Å². The van der Waals surface area contributed by atoms with Crippen molar-refractivity contribution in [2.75, 3.05) is 32.7 Å². The van der Waals surface area contributed by atoms with E-state index in [2.05, 4.69) is 16.0 Å². The number of urea groups is 1. The molecule has 0 saturated carbocycles. The van der Waals surface area contributed by atoms with Gasteiger partial charge in [-0.1, -0.05) is 26.3 Å². The number of amides is 3. The van der Waals surface area contributed by atoms with Crippen molar-refractivity contribution in [1.82, 2.24) is 10.6 Å². The van der Waals surface area contributed by atoms with Crippen molar-refractivity contribution in [2.24, 2.45) is 5.92 Å². The zero-order chi connectivity index (χ0) is 24.2. The molecule has 2 unspecified atom stereocenters. The third-order valence-corrected chi connectivity index (χ3v) is 5.37. The van der Waals surface area contributed by atoms with Gasteiger partial charge in [0.25, 0.3) is 0 Å². The molecular weight excluding hydrogens is 422 g/mol. The second-order valence-electron chi connectivity index (χ2n) is 7.65. The van der Waals surface area contributed by atoms with Crippen LogP contribution in [0.25, 0.3) is 0 Å². The van der Waals surface area contributed by atoms with E-state index in [-0.39, 0.29) is 11.8 Å². The SMILES string of the molecule is CCOc1ccc(NC(=O)NC(C(=O)NCCc2ccc(OC)c(OC)c2)C(C)CC)cc1. The molecule has 0 aromatic heterocycles. The number of carbonyl (C=O) groups excluding carboxylic acids is 2. The first-order chi connectivity index (χ1) is 15.9. The van der Waals surface area contributed by atoms with Gasteiger partial charge in [0.1, 0.15) is 11.8 Å². The third kappa shape index (κ3) is 7.89. The maximum atomic E-state index is 12.8. The highest BCUT2D eigenvalue weighted by Gasteiger charge is 2.25. The van der Waals surface area contributed by atoms with Crippen LogP contribution >= 0.6 is 0 Å². The Balaban J connectivity index is 1.92. The number of carbonyl (C=O) groups is 2. The number of ether oxygens (including phenoxy) is 3. The molecule has 3 amide bonds. The first-order valence-corrected chi connectivity index (χ1v) is 11.2. The van der Waals surface area contributed by atoms with Gasteiger partial charge in [-0.2, -0.15) is 0 Å². The van der Waals surface area contributed by atoms with Gasteiger partial charge in [-0.05, 0) is 61.2 Å². The normalized spacial score (nSPS) is 12.3. The molecule has 0 bridgehead atoms. The second-order valence-corrected chi connectivity index (χ2v) is 7.65. The lowest BCUT2D eigenvalue weighted by molar-refractivity contribution is -0.124. The number of methoxy groups -OCH3 is 2. The predicted molar refractivity (Wildman–Crippen MR) is 129 cm³/mol. The molecule has 0 spiro atoms. The molecule has 0 aliphatic rings. The number of hydrogen-bond acceptors (Lipinski definition) is 5. The summed E-state index contributed by atoms with van der Waals surface area (Å²) in [6, 6.07) is 11.7. The molecule has 0 heterocycles. The Bertz CT molecular complexity index is 901. The summed E-state index contributed by atoms with van der Waals surface area (Å²) in [7, 11) is 3.18. The van der Waals surface area contributed by atoms with Crippen molar-refractivity contribution in [3.8, 4) is 17.2 Å². The van der Waals surface area contributed by atoms with Gasteiger partial charge in [0, 0.05) is 12.2 Å². The smallest absolute Gasteiger partial charge is 0.319 e. The van der Waals surface area contributed by atoms with Crippen LogP contribution in [0.15, 0.2) is 42.5 Å². The van der Waals surface area contributed by atoms with E-state index in [4.69, 9.17) is 14.2 Å². The molecule has 0 aliphatic heterocycles. The van der Waals surface area contributed by atoms with Gasteiger partial charge < -0.3 is 30.2 Å². The standard InChI is InChI=1S/C25H35N3O5/c1-6-17(3)23(28-25(30)27-19-9-11-20(12-10-19)33-7-2)24(29)26-15-14-18-8-13-21(31-4)22(16-18)32-5/h8-13,16-17,23H,6-7,14-15H2,1-5H3,(H,26,29)(H2,27,28,30). The predicted octanol–water partition coefficient (Wildman–Crippen LogP) is 4.00. The first kappa shape index (κ1) is 25.8. The Morgan fingerprint density at radius 2 is 1.67 bits per heavy atom. The molecule has 33 heavy (non-hydrogen) atoms. The van der Waals surface area contributed by atoms with Crippen LogP contribution in [-0.4, -0.2) is 45.4 Å². The zero-order valence-corrected chi connectivity index (χ0v) is 20.1. The largest absolute Gasteiger partial charge is 0.494 e. The highest BCUT2D eigenvalue weighted by molar-refractivity contribution is 5.93. The van der Waals surface area contributed by atoms with Crippen LogP contribution in [-0.2, 0) is 11.2 Å². The summed E-state index contributed by atoms with van der Waals surface area (Å²) in [4.78, 5) is 25.4. The summed E-state index contributed by atoms with van der Waals surface area (Å²) in [6.07, 6.45) is 1.37. The summed E-state index contributed by atoms with van der Waals surface area (Å²) in [6.45, 7) is 6.85. The van der Waals surface area contributed by atoms with Gasteiger partial charge in [-0.15, -0.1) is 0 Å². The highest BCUT2D eigenvalue weighted by atomic mass is 16.5. The van der Waals surface area contributed by atoms with Crippen molar-refractivity contribution in [3.05, 3.63) is 48.0 Å². The summed E-state index contributed by atoms with van der Waals surface area (Å²) in [5, 5.41) is 8.51. The van der Waals surface area contributed by atoms with Crippen LogP contribution in [0, 0.1) is 5.92 Å². The van der Waals surface area contributed by atoms with Gasteiger partial charge in [-0.25, -0.2) is 4.79 Å². The summed E-state index contributed by atoms with van der Waals surface area (Å²) < 4.78 is 16.0. The summed E-state index contributed by atoms with van der Waals surface area (Å²) in [5.41, 5.74) is 1.63. The molecule has 0 radical (unpaired) electrons. The van der Waals surface area contributed by atoms with Crippen LogP contribution in [0.5, 0.6) is 17.2 Å². The third-order valence-electron chi connectivity index (χ3n) is 5.37. The lowest BCUT2D eigenvalue weighted by Crippen LogP contribution is -2.51. The van der Waals surface area contributed by atoms with E-state index in [1.807, 2.05) is 39.0 Å². The van der Waals surface area contributed by atoms with E-state index in [0.717, 1.165) is 17.7 Å². The maximum Gasteiger partial charge on any atom is 0.319 e.